The summed E-state index contributed by atoms with van der Waals surface area (Å²) in [5.74, 6) is 0.230. The molecule has 2 atom stereocenters. The minimum atomic E-state index is -0.638. The van der Waals surface area contributed by atoms with Crippen molar-refractivity contribution in [3.8, 4) is 5.75 Å². The molecule has 1 N–H and O–H groups in total. The quantitative estimate of drug-likeness (QED) is 0.311. The van der Waals surface area contributed by atoms with Gasteiger partial charge in [-0.25, -0.2) is 8.78 Å². The van der Waals surface area contributed by atoms with Gasteiger partial charge in [-0.05, 0) is 73.9 Å². The number of hydrogen-bond donors (Lipinski definition) is 1. The lowest BCUT2D eigenvalue weighted by Crippen LogP contribution is -2.51. The van der Waals surface area contributed by atoms with E-state index in [1.807, 2.05) is 38.1 Å². The summed E-state index contributed by atoms with van der Waals surface area (Å²) in [5.41, 5.74) is 2.90. The number of halogens is 2. The minimum absolute atomic E-state index is 0.254. The molecule has 6 heteroatoms. The number of benzene rings is 3. The molecular formula is C29H33F2NO3. The van der Waals surface area contributed by atoms with E-state index in [0.29, 0.717) is 19.8 Å². The third kappa shape index (κ3) is 6.38. The van der Waals surface area contributed by atoms with Crippen molar-refractivity contribution < 1.29 is 23.0 Å². The molecule has 35 heavy (non-hydrogen) atoms. The van der Waals surface area contributed by atoms with Gasteiger partial charge in [-0.3, -0.25) is 0 Å². The van der Waals surface area contributed by atoms with Gasteiger partial charge in [0.2, 0.25) is 0 Å². The lowest BCUT2D eigenvalue weighted by molar-refractivity contribution is -0.167. The summed E-state index contributed by atoms with van der Waals surface area (Å²) in [4.78, 5) is 0. The first-order chi connectivity index (χ1) is 16.9. The average molecular weight is 482 g/mol. The van der Waals surface area contributed by atoms with E-state index in [-0.39, 0.29) is 23.8 Å². The number of hydrogen-bond acceptors (Lipinski definition) is 4. The van der Waals surface area contributed by atoms with Crippen LogP contribution < -0.4 is 10.1 Å². The van der Waals surface area contributed by atoms with Crippen LogP contribution in [-0.2, 0) is 22.6 Å². The molecule has 0 aromatic heterocycles. The lowest BCUT2D eigenvalue weighted by atomic mass is 9.87. The molecule has 1 aliphatic rings. The zero-order valence-corrected chi connectivity index (χ0v) is 20.5. The van der Waals surface area contributed by atoms with Gasteiger partial charge in [0.25, 0.3) is 0 Å². The maximum absolute atomic E-state index is 13.6. The predicted molar refractivity (Wildman–Crippen MR) is 133 cm³/mol. The SMILES string of the molecule is CCCCOC1c2cc(NCc3cccc(F)c3)ccc2OC(C)(C)C1OCc1ccc(F)cc1. The fourth-order valence-electron chi connectivity index (χ4n) is 4.28. The van der Waals surface area contributed by atoms with Crippen molar-refractivity contribution in [1.29, 1.82) is 0 Å². The van der Waals surface area contributed by atoms with Crippen LogP contribution in [0.15, 0.2) is 66.7 Å². The molecule has 4 nitrogen and oxygen atoms in total. The van der Waals surface area contributed by atoms with E-state index in [9.17, 15) is 8.78 Å². The van der Waals surface area contributed by atoms with E-state index in [2.05, 4.69) is 12.2 Å². The third-order valence-corrected chi connectivity index (χ3v) is 6.17. The fourth-order valence-corrected chi connectivity index (χ4v) is 4.28. The van der Waals surface area contributed by atoms with Gasteiger partial charge in [0, 0.05) is 24.4 Å². The summed E-state index contributed by atoms with van der Waals surface area (Å²) in [6.07, 6.45) is 1.25. The Kier molecular flexibility index (Phi) is 8.04. The minimum Gasteiger partial charge on any atom is -0.485 e. The Balaban J connectivity index is 1.57. The van der Waals surface area contributed by atoms with Crippen LogP contribution in [-0.4, -0.2) is 18.3 Å². The van der Waals surface area contributed by atoms with Gasteiger partial charge in [-0.15, -0.1) is 0 Å². The van der Waals surface area contributed by atoms with E-state index in [1.165, 1.54) is 24.3 Å². The monoisotopic (exact) mass is 481 g/mol. The first kappa shape index (κ1) is 25.1. The number of nitrogens with one attached hydrogen (secondary N) is 1. The number of fused-ring (bicyclic) bond motifs is 1. The molecule has 0 saturated carbocycles. The van der Waals surface area contributed by atoms with Crippen molar-refractivity contribution in [2.24, 2.45) is 0 Å². The first-order valence-corrected chi connectivity index (χ1v) is 12.1. The van der Waals surface area contributed by atoms with Crippen LogP contribution in [0.2, 0.25) is 0 Å². The highest BCUT2D eigenvalue weighted by Gasteiger charge is 2.45. The van der Waals surface area contributed by atoms with E-state index >= 15 is 0 Å². The van der Waals surface area contributed by atoms with Crippen LogP contribution in [0.1, 0.15) is 56.4 Å². The van der Waals surface area contributed by atoms with Crippen molar-refractivity contribution in [2.75, 3.05) is 11.9 Å². The Morgan fingerprint density at radius 1 is 0.914 bits per heavy atom. The number of ether oxygens (including phenoxy) is 3. The molecule has 2 unspecified atom stereocenters. The zero-order valence-electron chi connectivity index (χ0n) is 20.5. The topological polar surface area (TPSA) is 39.7 Å². The molecule has 4 rings (SSSR count). The molecule has 1 aliphatic heterocycles. The van der Waals surface area contributed by atoms with Crippen molar-refractivity contribution in [3.63, 3.8) is 0 Å². The van der Waals surface area contributed by atoms with Gasteiger partial charge >= 0.3 is 0 Å². The zero-order chi connectivity index (χ0) is 24.8. The van der Waals surface area contributed by atoms with E-state index in [4.69, 9.17) is 14.2 Å². The molecular weight excluding hydrogens is 448 g/mol. The summed E-state index contributed by atoms with van der Waals surface area (Å²) >= 11 is 0. The molecule has 0 amide bonds. The highest BCUT2D eigenvalue weighted by atomic mass is 19.1. The molecule has 3 aromatic rings. The van der Waals surface area contributed by atoms with Gasteiger partial charge in [-0.2, -0.15) is 0 Å². The molecule has 0 radical (unpaired) electrons. The van der Waals surface area contributed by atoms with Crippen molar-refractivity contribution >= 4 is 5.69 Å². The van der Waals surface area contributed by atoms with Gasteiger partial charge in [0.15, 0.2) is 0 Å². The van der Waals surface area contributed by atoms with Crippen molar-refractivity contribution in [3.05, 3.63) is 95.1 Å². The van der Waals surface area contributed by atoms with Crippen molar-refractivity contribution in [2.45, 2.75) is 64.6 Å². The molecule has 0 spiro atoms. The molecule has 0 aliphatic carbocycles. The Morgan fingerprint density at radius 3 is 2.46 bits per heavy atom. The number of rotatable bonds is 10. The van der Waals surface area contributed by atoms with Gasteiger partial charge in [-0.1, -0.05) is 37.6 Å². The predicted octanol–water partition coefficient (Wildman–Crippen LogP) is 7.19. The van der Waals surface area contributed by atoms with E-state index in [1.54, 1.807) is 18.2 Å². The fraction of sp³-hybridized carbons (Fsp3) is 0.379. The molecule has 3 aromatic carbocycles. The molecule has 0 saturated heterocycles. The smallest absolute Gasteiger partial charge is 0.132 e. The molecule has 0 bridgehead atoms. The van der Waals surface area contributed by atoms with Crippen LogP contribution in [0.5, 0.6) is 5.75 Å². The standard InChI is InChI=1S/C29H33F2NO3/c1-4-5-15-33-27-25-17-24(32-18-21-7-6-8-23(31)16-21)13-14-26(25)35-29(2,3)28(27)34-19-20-9-11-22(30)12-10-20/h6-14,16-17,27-28,32H,4-5,15,18-19H2,1-3H3. The van der Waals surface area contributed by atoms with Crippen LogP contribution >= 0.6 is 0 Å². The highest BCUT2D eigenvalue weighted by molar-refractivity contribution is 5.54. The van der Waals surface area contributed by atoms with E-state index in [0.717, 1.165) is 41.0 Å². The number of unbranched alkanes of at least 4 members (excludes halogenated alkanes) is 1. The summed E-state index contributed by atoms with van der Waals surface area (Å²) in [5, 5.41) is 3.37. The summed E-state index contributed by atoms with van der Waals surface area (Å²) < 4.78 is 46.0. The normalized spacial score (nSPS) is 18.5. The van der Waals surface area contributed by atoms with Gasteiger partial charge in [0.05, 0.1) is 6.61 Å². The van der Waals surface area contributed by atoms with E-state index < -0.39 is 5.60 Å². The summed E-state index contributed by atoms with van der Waals surface area (Å²) in [6, 6.07) is 18.8. The molecule has 0 fully saturated rings. The van der Waals surface area contributed by atoms with Crippen molar-refractivity contribution in [1.82, 2.24) is 0 Å². The van der Waals surface area contributed by atoms with Gasteiger partial charge < -0.3 is 19.5 Å². The highest BCUT2D eigenvalue weighted by Crippen LogP contribution is 2.44. The summed E-state index contributed by atoms with van der Waals surface area (Å²) in [6.45, 7) is 7.54. The largest absolute Gasteiger partial charge is 0.485 e. The van der Waals surface area contributed by atoms with Crippen LogP contribution in [0, 0.1) is 11.6 Å². The molecule has 186 valence electrons. The van der Waals surface area contributed by atoms with Crippen LogP contribution in [0.25, 0.3) is 0 Å². The second kappa shape index (κ2) is 11.2. The van der Waals surface area contributed by atoms with Gasteiger partial charge in [0.1, 0.15) is 35.2 Å². The number of anilines is 1. The second-order valence-corrected chi connectivity index (χ2v) is 9.44. The average Bonchev–Trinajstić information content (AvgIpc) is 2.83. The molecule has 1 heterocycles. The Hall–Kier alpha value is -2.96. The third-order valence-electron chi connectivity index (χ3n) is 6.17. The lowest BCUT2D eigenvalue weighted by Gasteiger charge is -2.44. The Morgan fingerprint density at radius 2 is 1.71 bits per heavy atom. The van der Waals surface area contributed by atoms with Crippen LogP contribution in [0.3, 0.4) is 0 Å². The first-order valence-electron chi connectivity index (χ1n) is 12.1. The maximum Gasteiger partial charge on any atom is 0.132 e. The Bertz CT molecular complexity index is 1120. The Labute approximate surface area is 206 Å². The summed E-state index contributed by atoms with van der Waals surface area (Å²) in [7, 11) is 0. The van der Waals surface area contributed by atoms with Crippen LogP contribution in [0.4, 0.5) is 14.5 Å². The second-order valence-electron chi connectivity index (χ2n) is 9.44. The maximum atomic E-state index is 13.6.